The Morgan fingerprint density at radius 3 is 2.16 bits per heavy atom. The minimum absolute atomic E-state index is 0.477. The predicted octanol–water partition coefficient (Wildman–Crippen LogP) is 3.69. The van der Waals surface area contributed by atoms with Gasteiger partial charge in [0, 0.05) is 10.7 Å². The number of hydrogen-bond acceptors (Lipinski definition) is 3. The number of hydrogen-bond donors (Lipinski definition) is 1. The summed E-state index contributed by atoms with van der Waals surface area (Å²) in [7, 11) is 0. The van der Waals surface area contributed by atoms with E-state index in [4.69, 9.17) is 26.8 Å². The van der Waals surface area contributed by atoms with Crippen LogP contribution in [0.2, 0.25) is 5.02 Å². The van der Waals surface area contributed by atoms with Gasteiger partial charge in [0.25, 0.3) is 0 Å². The Balaban J connectivity index is 1.77. The van der Waals surface area contributed by atoms with Crippen molar-refractivity contribution >= 4 is 17.3 Å². The molecule has 0 aliphatic heterocycles. The molecule has 2 aromatic rings. The van der Waals surface area contributed by atoms with Crippen molar-refractivity contribution in [2.75, 3.05) is 18.9 Å². The first-order chi connectivity index (χ1) is 9.15. The summed E-state index contributed by atoms with van der Waals surface area (Å²) >= 11 is 5.79. The van der Waals surface area contributed by atoms with E-state index in [1.54, 1.807) is 12.1 Å². The fraction of sp³-hybridized carbons (Fsp3) is 0.200. The average molecular weight is 278 g/mol. The van der Waals surface area contributed by atoms with Gasteiger partial charge in [0.1, 0.15) is 24.7 Å². The molecule has 0 fully saturated rings. The van der Waals surface area contributed by atoms with Crippen molar-refractivity contribution in [1.29, 1.82) is 0 Å². The van der Waals surface area contributed by atoms with Gasteiger partial charge in [-0.2, -0.15) is 0 Å². The topological polar surface area (TPSA) is 44.5 Å². The molecule has 0 heterocycles. The highest BCUT2D eigenvalue weighted by Crippen LogP contribution is 2.19. The van der Waals surface area contributed by atoms with Crippen molar-refractivity contribution in [1.82, 2.24) is 0 Å². The second kappa shape index (κ2) is 6.34. The number of anilines is 1. The molecular weight excluding hydrogens is 262 g/mol. The normalized spacial score (nSPS) is 10.2. The van der Waals surface area contributed by atoms with E-state index in [0.717, 1.165) is 22.7 Å². The summed E-state index contributed by atoms with van der Waals surface area (Å²) in [5, 5.41) is 0.695. The molecular formula is C15H16ClNO2. The van der Waals surface area contributed by atoms with Crippen molar-refractivity contribution in [3.05, 3.63) is 53.1 Å². The number of nitrogen functional groups attached to an aromatic ring is 1. The van der Waals surface area contributed by atoms with Gasteiger partial charge in [-0.15, -0.1) is 0 Å². The van der Waals surface area contributed by atoms with Crippen LogP contribution in [0.15, 0.2) is 42.5 Å². The van der Waals surface area contributed by atoms with Crippen LogP contribution < -0.4 is 15.2 Å². The van der Waals surface area contributed by atoms with Crippen LogP contribution in [0.25, 0.3) is 0 Å². The SMILES string of the molecule is Cc1cc(OCCOc2ccc(Cl)cc2)ccc1N. The fourth-order valence-corrected chi connectivity index (χ4v) is 1.71. The molecule has 2 aromatic carbocycles. The molecule has 0 atom stereocenters. The molecule has 0 saturated carbocycles. The zero-order chi connectivity index (χ0) is 13.7. The molecule has 0 aromatic heterocycles. The van der Waals surface area contributed by atoms with Gasteiger partial charge in [0.05, 0.1) is 0 Å². The van der Waals surface area contributed by atoms with Crippen molar-refractivity contribution in [2.45, 2.75) is 6.92 Å². The van der Waals surface area contributed by atoms with Crippen LogP contribution in [-0.2, 0) is 0 Å². The van der Waals surface area contributed by atoms with Crippen LogP contribution in [0, 0.1) is 6.92 Å². The number of nitrogens with two attached hydrogens (primary N) is 1. The van der Waals surface area contributed by atoms with Crippen molar-refractivity contribution < 1.29 is 9.47 Å². The molecule has 0 aliphatic rings. The van der Waals surface area contributed by atoms with Gasteiger partial charge in [-0.05, 0) is 55.0 Å². The smallest absolute Gasteiger partial charge is 0.122 e. The average Bonchev–Trinajstić information content (AvgIpc) is 2.41. The lowest BCUT2D eigenvalue weighted by molar-refractivity contribution is 0.217. The fourth-order valence-electron chi connectivity index (χ4n) is 1.59. The highest BCUT2D eigenvalue weighted by Gasteiger charge is 1.98. The maximum Gasteiger partial charge on any atom is 0.122 e. The number of ether oxygens (including phenoxy) is 2. The van der Waals surface area contributed by atoms with Gasteiger partial charge in [-0.1, -0.05) is 11.6 Å². The van der Waals surface area contributed by atoms with Gasteiger partial charge >= 0.3 is 0 Å². The Kier molecular flexibility index (Phi) is 4.53. The van der Waals surface area contributed by atoms with E-state index >= 15 is 0 Å². The molecule has 0 amide bonds. The number of rotatable bonds is 5. The van der Waals surface area contributed by atoms with E-state index in [1.165, 1.54) is 0 Å². The Labute approximate surface area is 117 Å². The molecule has 0 saturated heterocycles. The molecule has 0 unspecified atom stereocenters. The third kappa shape index (κ3) is 4.07. The molecule has 2 N–H and O–H groups in total. The molecule has 4 heteroatoms. The van der Waals surface area contributed by atoms with Gasteiger partial charge in [-0.25, -0.2) is 0 Å². The Hall–Kier alpha value is -1.87. The minimum atomic E-state index is 0.477. The molecule has 2 rings (SSSR count). The van der Waals surface area contributed by atoms with Crippen LogP contribution >= 0.6 is 11.6 Å². The summed E-state index contributed by atoms with van der Waals surface area (Å²) < 4.78 is 11.1. The van der Waals surface area contributed by atoms with Crippen molar-refractivity contribution in [3.63, 3.8) is 0 Å². The lowest BCUT2D eigenvalue weighted by Gasteiger charge is -2.09. The van der Waals surface area contributed by atoms with Gasteiger partial charge in [0.15, 0.2) is 0 Å². The Morgan fingerprint density at radius 1 is 0.947 bits per heavy atom. The van der Waals surface area contributed by atoms with Crippen molar-refractivity contribution in [3.8, 4) is 11.5 Å². The van der Waals surface area contributed by atoms with E-state index in [1.807, 2.05) is 37.3 Å². The highest BCUT2D eigenvalue weighted by molar-refractivity contribution is 6.30. The maximum absolute atomic E-state index is 5.79. The number of benzene rings is 2. The monoisotopic (exact) mass is 277 g/mol. The van der Waals surface area contributed by atoms with Gasteiger partial charge < -0.3 is 15.2 Å². The standard InChI is InChI=1S/C15H16ClNO2/c1-11-10-14(6-7-15(11)17)19-9-8-18-13-4-2-12(16)3-5-13/h2-7,10H,8-9,17H2,1H3. The van der Waals surface area contributed by atoms with E-state index in [-0.39, 0.29) is 0 Å². The summed E-state index contributed by atoms with van der Waals surface area (Å²) in [5.41, 5.74) is 7.52. The zero-order valence-corrected chi connectivity index (χ0v) is 11.5. The van der Waals surface area contributed by atoms with Crippen LogP contribution in [0.4, 0.5) is 5.69 Å². The largest absolute Gasteiger partial charge is 0.490 e. The minimum Gasteiger partial charge on any atom is -0.490 e. The second-order valence-corrected chi connectivity index (χ2v) is 4.61. The molecule has 0 radical (unpaired) electrons. The first-order valence-electron chi connectivity index (χ1n) is 6.02. The number of halogens is 1. The van der Waals surface area contributed by atoms with E-state index < -0.39 is 0 Å². The molecule has 0 bridgehead atoms. The third-order valence-corrected chi connectivity index (χ3v) is 2.93. The van der Waals surface area contributed by atoms with Crippen LogP contribution in [0.3, 0.4) is 0 Å². The lowest BCUT2D eigenvalue weighted by Crippen LogP contribution is -2.09. The highest BCUT2D eigenvalue weighted by atomic mass is 35.5. The van der Waals surface area contributed by atoms with Crippen LogP contribution in [-0.4, -0.2) is 13.2 Å². The first kappa shape index (κ1) is 13.6. The summed E-state index contributed by atoms with van der Waals surface area (Å²) in [6.07, 6.45) is 0. The molecule has 0 aliphatic carbocycles. The maximum atomic E-state index is 5.79. The molecule has 0 spiro atoms. The second-order valence-electron chi connectivity index (χ2n) is 4.17. The summed E-state index contributed by atoms with van der Waals surface area (Å²) in [4.78, 5) is 0. The van der Waals surface area contributed by atoms with Gasteiger partial charge in [0.2, 0.25) is 0 Å². The molecule has 100 valence electrons. The van der Waals surface area contributed by atoms with Crippen molar-refractivity contribution in [2.24, 2.45) is 0 Å². The predicted molar refractivity (Wildman–Crippen MR) is 78.0 cm³/mol. The molecule has 19 heavy (non-hydrogen) atoms. The van der Waals surface area contributed by atoms with Crippen LogP contribution in [0.1, 0.15) is 5.56 Å². The molecule has 3 nitrogen and oxygen atoms in total. The lowest BCUT2D eigenvalue weighted by atomic mass is 10.2. The zero-order valence-electron chi connectivity index (χ0n) is 10.7. The van der Waals surface area contributed by atoms with Gasteiger partial charge in [-0.3, -0.25) is 0 Å². The van der Waals surface area contributed by atoms with Crippen LogP contribution in [0.5, 0.6) is 11.5 Å². The Morgan fingerprint density at radius 2 is 1.53 bits per heavy atom. The van der Waals surface area contributed by atoms with E-state index in [2.05, 4.69) is 0 Å². The Bertz CT molecular complexity index is 540. The summed E-state index contributed by atoms with van der Waals surface area (Å²) in [5.74, 6) is 1.58. The van der Waals surface area contributed by atoms with E-state index in [0.29, 0.717) is 18.2 Å². The summed E-state index contributed by atoms with van der Waals surface area (Å²) in [6.45, 7) is 2.91. The van der Waals surface area contributed by atoms with E-state index in [9.17, 15) is 0 Å². The first-order valence-corrected chi connectivity index (χ1v) is 6.40. The number of aryl methyl sites for hydroxylation is 1. The quantitative estimate of drug-likeness (QED) is 0.670. The third-order valence-electron chi connectivity index (χ3n) is 2.68. The summed E-state index contributed by atoms with van der Waals surface area (Å²) in [6, 6.07) is 12.8.